The molecule has 3 heterocycles. The molecule has 0 radical (unpaired) electrons. The first kappa shape index (κ1) is 18.5. The highest BCUT2D eigenvalue weighted by Crippen LogP contribution is 2.33. The van der Waals surface area contributed by atoms with E-state index < -0.39 is 17.3 Å². The van der Waals surface area contributed by atoms with Gasteiger partial charge in [0.25, 0.3) is 11.5 Å². The van der Waals surface area contributed by atoms with Crippen LogP contribution in [0.5, 0.6) is 11.5 Å². The first-order valence-electron chi connectivity index (χ1n) is 9.06. The van der Waals surface area contributed by atoms with Gasteiger partial charge in [0, 0.05) is 18.8 Å². The van der Waals surface area contributed by atoms with Gasteiger partial charge in [-0.25, -0.2) is 0 Å². The Balaban J connectivity index is 1.57. The maximum Gasteiger partial charge on any atom is 0.268 e. The molecule has 0 aliphatic carbocycles. The monoisotopic (exact) mass is 386 g/mol. The summed E-state index contributed by atoms with van der Waals surface area (Å²) >= 11 is 0. The molecule has 1 unspecified atom stereocenters. The molecular weight excluding hydrogens is 364 g/mol. The molecule has 0 bridgehead atoms. The summed E-state index contributed by atoms with van der Waals surface area (Å²) in [6.07, 6.45) is 1.39. The van der Waals surface area contributed by atoms with Crippen LogP contribution in [0.4, 0.5) is 0 Å². The Morgan fingerprint density at radius 3 is 2.79 bits per heavy atom. The summed E-state index contributed by atoms with van der Waals surface area (Å²) in [4.78, 5) is 25.7. The number of hydrogen-bond donors (Lipinski definition) is 1. The lowest BCUT2D eigenvalue weighted by molar-refractivity contribution is -0.137. The number of ether oxygens (including phenoxy) is 4. The summed E-state index contributed by atoms with van der Waals surface area (Å²) in [5, 5.41) is 2.78. The van der Waals surface area contributed by atoms with E-state index in [0.29, 0.717) is 29.4 Å². The van der Waals surface area contributed by atoms with Gasteiger partial charge < -0.3 is 24.3 Å². The van der Waals surface area contributed by atoms with Crippen molar-refractivity contribution in [1.29, 1.82) is 0 Å². The average molecular weight is 386 g/mol. The van der Waals surface area contributed by atoms with Crippen molar-refractivity contribution in [2.24, 2.45) is 0 Å². The van der Waals surface area contributed by atoms with Gasteiger partial charge in [0.1, 0.15) is 11.7 Å². The molecule has 1 amide bonds. The number of hydrogen-bond acceptors (Lipinski definition) is 6. The fraction of sp³-hybridized carbons (Fsp3) is 0.400. The van der Waals surface area contributed by atoms with Gasteiger partial charge in [0.15, 0.2) is 17.3 Å². The molecule has 1 aromatic heterocycles. The maximum atomic E-state index is 13.0. The van der Waals surface area contributed by atoms with Gasteiger partial charge >= 0.3 is 0 Å². The van der Waals surface area contributed by atoms with Crippen molar-refractivity contribution in [2.75, 3.05) is 19.9 Å². The molecule has 0 saturated carbocycles. The van der Waals surface area contributed by atoms with Crippen LogP contribution in [0.3, 0.4) is 0 Å². The number of aromatic nitrogens is 1. The van der Waals surface area contributed by atoms with E-state index in [1.165, 1.54) is 4.57 Å². The van der Waals surface area contributed by atoms with Gasteiger partial charge in [-0.2, -0.15) is 0 Å². The standard InChI is InChI=1S/C20H22N2O6/c1-12-6-7-22(13-4-5-15-16(8-13)26-11-25-15)19(24)17(12)18(23)21-9-14-10-27-20(2,3)28-14/h4-8,14H,9-11H2,1-3H3,(H,21,23). The fourth-order valence-corrected chi connectivity index (χ4v) is 3.30. The molecule has 0 spiro atoms. The number of fused-ring (bicyclic) bond motifs is 1. The Kier molecular flexibility index (Phi) is 4.60. The van der Waals surface area contributed by atoms with E-state index in [9.17, 15) is 9.59 Å². The van der Waals surface area contributed by atoms with Gasteiger partial charge in [-0.3, -0.25) is 14.2 Å². The predicted molar refractivity (Wildman–Crippen MR) is 100 cm³/mol. The Hall–Kier alpha value is -2.84. The third-order valence-corrected chi connectivity index (χ3v) is 4.72. The smallest absolute Gasteiger partial charge is 0.268 e. The number of benzene rings is 1. The van der Waals surface area contributed by atoms with Crippen LogP contribution in [0.15, 0.2) is 35.3 Å². The van der Waals surface area contributed by atoms with Crippen LogP contribution < -0.4 is 20.3 Å². The Labute approximate surface area is 162 Å². The van der Waals surface area contributed by atoms with Crippen LogP contribution in [-0.4, -0.2) is 42.3 Å². The van der Waals surface area contributed by atoms with E-state index in [4.69, 9.17) is 18.9 Å². The van der Waals surface area contributed by atoms with Crippen molar-refractivity contribution in [1.82, 2.24) is 9.88 Å². The predicted octanol–water partition coefficient (Wildman–Crippen LogP) is 1.76. The zero-order chi connectivity index (χ0) is 19.9. The lowest BCUT2D eigenvalue weighted by Gasteiger charge is -2.17. The summed E-state index contributed by atoms with van der Waals surface area (Å²) in [6, 6.07) is 6.94. The second-order valence-corrected chi connectivity index (χ2v) is 7.25. The number of rotatable bonds is 4. The number of amides is 1. The van der Waals surface area contributed by atoms with Crippen molar-refractivity contribution in [2.45, 2.75) is 32.7 Å². The zero-order valence-electron chi connectivity index (χ0n) is 16.0. The molecule has 28 heavy (non-hydrogen) atoms. The number of carbonyl (C=O) groups excluding carboxylic acids is 1. The number of pyridine rings is 1. The van der Waals surface area contributed by atoms with Crippen LogP contribution in [0.2, 0.25) is 0 Å². The molecule has 2 aliphatic heterocycles. The van der Waals surface area contributed by atoms with Crippen LogP contribution in [0.1, 0.15) is 29.8 Å². The second-order valence-electron chi connectivity index (χ2n) is 7.25. The second kappa shape index (κ2) is 6.96. The van der Waals surface area contributed by atoms with Crippen molar-refractivity contribution < 1.29 is 23.7 Å². The van der Waals surface area contributed by atoms with Crippen LogP contribution >= 0.6 is 0 Å². The first-order chi connectivity index (χ1) is 13.3. The van der Waals surface area contributed by atoms with E-state index in [2.05, 4.69) is 5.32 Å². The highest BCUT2D eigenvalue weighted by molar-refractivity contribution is 5.95. The van der Waals surface area contributed by atoms with Crippen molar-refractivity contribution in [3.05, 3.63) is 51.9 Å². The number of carbonyl (C=O) groups is 1. The molecule has 4 rings (SSSR count). The molecule has 2 aliphatic rings. The van der Waals surface area contributed by atoms with E-state index >= 15 is 0 Å². The van der Waals surface area contributed by atoms with Crippen molar-refractivity contribution >= 4 is 5.91 Å². The third kappa shape index (κ3) is 3.48. The minimum Gasteiger partial charge on any atom is -0.454 e. The van der Waals surface area contributed by atoms with Gasteiger partial charge in [0.2, 0.25) is 6.79 Å². The van der Waals surface area contributed by atoms with E-state index in [1.54, 1.807) is 37.4 Å². The summed E-state index contributed by atoms with van der Waals surface area (Å²) < 4.78 is 23.3. The molecule has 1 aromatic carbocycles. The molecular formula is C20H22N2O6. The molecule has 1 atom stereocenters. The third-order valence-electron chi connectivity index (χ3n) is 4.72. The summed E-state index contributed by atoms with van der Waals surface area (Å²) in [6.45, 7) is 6.18. The summed E-state index contributed by atoms with van der Waals surface area (Å²) in [5.74, 6) is 0.0934. The van der Waals surface area contributed by atoms with Crippen molar-refractivity contribution in [3.8, 4) is 17.2 Å². The summed E-state index contributed by atoms with van der Waals surface area (Å²) in [5.41, 5.74) is 0.889. The lowest BCUT2D eigenvalue weighted by atomic mass is 10.1. The van der Waals surface area contributed by atoms with Gasteiger partial charge in [0.05, 0.1) is 12.3 Å². The normalized spacial score (nSPS) is 19.6. The molecule has 148 valence electrons. The SMILES string of the molecule is Cc1ccn(-c2ccc3c(c2)OCO3)c(=O)c1C(=O)NCC1COC(C)(C)O1. The molecule has 1 fully saturated rings. The molecule has 1 saturated heterocycles. The first-order valence-corrected chi connectivity index (χ1v) is 9.06. The summed E-state index contributed by atoms with van der Waals surface area (Å²) in [7, 11) is 0. The van der Waals surface area contributed by atoms with Gasteiger partial charge in [-0.15, -0.1) is 0 Å². The minimum absolute atomic E-state index is 0.0957. The minimum atomic E-state index is -0.663. The zero-order valence-corrected chi connectivity index (χ0v) is 16.0. The fourth-order valence-electron chi connectivity index (χ4n) is 3.30. The lowest BCUT2D eigenvalue weighted by Crippen LogP contribution is -2.38. The van der Waals surface area contributed by atoms with Crippen LogP contribution in [0.25, 0.3) is 5.69 Å². The topological polar surface area (TPSA) is 88.0 Å². The highest BCUT2D eigenvalue weighted by atomic mass is 16.7. The number of aryl methyl sites for hydroxylation is 1. The van der Waals surface area contributed by atoms with Crippen molar-refractivity contribution in [3.63, 3.8) is 0 Å². The molecule has 8 nitrogen and oxygen atoms in total. The van der Waals surface area contributed by atoms with E-state index in [0.717, 1.165) is 0 Å². The van der Waals surface area contributed by atoms with Crippen LogP contribution in [-0.2, 0) is 9.47 Å². The Morgan fingerprint density at radius 1 is 1.25 bits per heavy atom. The molecule has 8 heteroatoms. The number of nitrogens with one attached hydrogen (secondary N) is 1. The highest BCUT2D eigenvalue weighted by Gasteiger charge is 2.33. The van der Waals surface area contributed by atoms with Gasteiger partial charge in [-0.1, -0.05) is 0 Å². The Bertz CT molecular complexity index is 981. The maximum absolute atomic E-state index is 13.0. The Morgan fingerprint density at radius 2 is 2.04 bits per heavy atom. The van der Waals surface area contributed by atoms with Gasteiger partial charge in [-0.05, 0) is 44.5 Å². The largest absolute Gasteiger partial charge is 0.454 e. The van der Waals surface area contributed by atoms with E-state index in [-0.39, 0.29) is 25.0 Å². The van der Waals surface area contributed by atoms with Crippen LogP contribution in [0, 0.1) is 6.92 Å². The van der Waals surface area contributed by atoms with E-state index in [1.807, 2.05) is 13.8 Å². The number of nitrogens with zero attached hydrogens (tertiary/aromatic N) is 1. The quantitative estimate of drug-likeness (QED) is 0.862. The molecule has 2 aromatic rings. The molecule has 1 N–H and O–H groups in total. The average Bonchev–Trinajstić information content (AvgIpc) is 3.25.